The van der Waals surface area contributed by atoms with Gasteiger partial charge < -0.3 is 20.9 Å². The lowest BCUT2D eigenvalue weighted by Gasteiger charge is -2.16. The number of nitrogens with two attached hydrogens (primary N) is 1. The lowest BCUT2D eigenvalue weighted by Crippen LogP contribution is -3.11. The summed E-state index contributed by atoms with van der Waals surface area (Å²) in [6, 6.07) is 0. The van der Waals surface area contributed by atoms with Crippen molar-refractivity contribution in [1.29, 1.82) is 0 Å². The number of fused-ring (bicyclic) bond motifs is 1. The molecule has 0 aromatic carbocycles. The van der Waals surface area contributed by atoms with E-state index in [4.69, 9.17) is 5.73 Å². The summed E-state index contributed by atoms with van der Waals surface area (Å²) >= 11 is 1.43. The second-order valence-corrected chi connectivity index (χ2v) is 7.18. The van der Waals surface area contributed by atoms with Crippen molar-refractivity contribution in [3.63, 3.8) is 0 Å². The summed E-state index contributed by atoms with van der Waals surface area (Å²) in [5.74, 6) is -0.761. The number of primary amides is 1. The summed E-state index contributed by atoms with van der Waals surface area (Å²) in [5, 5.41) is 3.33. The number of rotatable bonds is 6. The molecule has 126 valence electrons. The lowest BCUT2D eigenvalue weighted by molar-refractivity contribution is -0.862. The molecule has 0 fully saturated rings. The first-order chi connectivity index (χ1) is 10.8. The average molecular weight is 339 g/mol. The van der Waals surface area contributed by atoms with E-state index in [1.807, 2.05) is 0 Å². The Hall–Kier alpha value is -1.93. The molecule has 3 amide bonds. The van der Waals surface area contributed by atoms with Crippen LogP contribution in [0.15, 0.2) is 0 Å². The van der Waals surface area contributed by atoms with Crippen LogP contribution in [-0.4, -0.2) is 56.9 Å². The highest BCUT2D eigenvalue weighted by Gasteiger charge is 2.26. The van der Waals surface area contributed by atoms with E-state index >= 15 is 0 Å². The zero-order chi connectivity index (χ0) is 17.1. The molecule has 1 atom stereocenters. The molecule has 0 spiro atoms. The number of anilines is 1. The maximum atomic E-state index is 12.2. The topological polar surface area (TPSA) is 96.9 Å². The first-order valence-electron chi connectivity index (χ1n) is 7.55. The Labute approximate surface area is 139 Å². The summed E-state index contributed by atoms with van der Waals surface area (Å²) in [6.07, 6.45) is 2.79. The van der Waals surface area contributed by atoms with Crippen LogP contribution in [-0.2, 0) is 22.4 Å². The lowest BCUT2D eigenvalue weighted by atomic mass is 10.1. The Morgan fingerprint density at radius 1 is 1.26 bits per heavy atom. The van der Waals surface area contributed by atoms with Gasteiger partial charge in [-0.25, -0.2) is 0 Å². The van der Waals surface area contributed by atoms with Gasteiger partial charge in [-0.2, -0.15) is 0 Å². The summed E-state index contributed by atoms with van der Waals surface area (Å²) in [5.41, 5.74) is 6.91. The van der Waals surface area contributed by atoms with Gasteiger partial charge in [0, 0.05) is 19.0 Å². The standard InChI is InChI=1S/C15H22N4O3S/c1-18(2)12(21)8-19(3)7-11(20)17-15-13(14(16)22)9-5-4-6-10(9)23-15/h4-8H2,1-3H3,(H2,16,22)(H,17,20)/p+1. The van der Waals surface area contributed by atoms with Crippen molar-refractivity contribution < 1.29 is 19.3 Å². The second-order valence-electron chi connectivity index (χ2n) is 6.07. The number of likely N-dealkylation sites (N-methyl/N-ethyl adjacent to an activating group) is 2. The highest BCUT2D eigenvalue weighted by Crippen LogP contribution is 2.38. The van der Waals surface area contributed by atoms with Crippen LogP contribution in [0.4, 0.5) is 5.00 Å². The van der Waals surface area contributed by atoms with Gasteiger partial charge in [0.15, 0.2) is 13.1 Å². The third kappa shape index (κ3) is 4.08. The fourth-order valence-corrected chi connectivity index (χ4v) is 3.99. The van der Waals surface area contributed by atoms with Crippen LogP contribution in [0.5, 0.6) is 0 Å². The zero-order valence-corrected chi connectivity index (χ0v) is 14.5. The van der Waals surface area contributed by atoms with Crippen LogP contribution in [0.3, 0.4) is 0 Å². The minimum absolute atomic E-state index is 0.0387. The number of carbonyl (C=O) groups excluding carboxylic acids is 3. The molecule has 1 aliphatic rings. The smallest absolute Gasteiger partial charge is 0.280 e. The molecule has 0 saturated heterocycles. The van der Waals surface area contributed by atoms with Crippen LogP contribution in [0.1, 0.15) is 27.2 Å². The van der Waals surface area contributed by atoms with Gasteiger partial charge in [-0.05, 0) is 24.8 Å². The number of quaternary nitrogens is 1. The van der Waals surface area contributed by atoms with Gasteiger partial charge in [0.1, 0.15) is 5.00 Å². The van der Waals surface area contributed by atoms with E-state index in [1.54, 1.807) is 21.1 Å². The largest absolute Gasteiger partial charge is 0.365 e. The van der Waals surface area contributed by atoms with Crippen molar-refractivity contribution in [1.82, 2.24) is 4.90 Å². The number of hydrogen-bond acceptors (Lipinski definition) is 4. The minimum Gasteiger partial charge on any atom is -0.365 e. The van der Waals surface area contributed by atoms with E-state index in [9.17, 15) is 14.4 Å². The van der Waals surface area contributed by atoms with Crippen LogP contribution in [0, 0.1) is 0 Å². The Bertz CT molecular complexity index is 639. The number of nitrogens with one attached hydrogen (secondary N) is 2. The Morgan fingerprint density at radius 2 is 1.96 bits per heavy atom. The van der Waals surface area contributed by atoms with E-state index in [0.717, 1.165) is 34.6 Å². The normalized spacial score (nSPS) is 14.2. The van der Waals surface area contributed by atoms with Crippen LogP contribution in [0.2, 0.25) is 0 Å². The van der Waals surface area contributed by atoms with Crippen LogP contribution < -0.4 is 16.0 Å². The zero-order valence-electron chi connectivity index (χ0n) is 13.7. The summed E-state index contributed by atoms with van der Waals surface area (Å²) in [6.45, 7) is 0.393. The van der Waals surface area contributed by atoms with Crippen molar-refractivity contribution >= 4 is 34.1 Å². The average Bonchev–Trinajstić information content (AvgIpc) is 2.97. The third-order valence-electron chi connectivity index (χ3n) is 3.83. The number of nitrogens with zero attached hydrogens (tertiary/aromatic N) is 1. The van der Waals surface area contributed by atoms with E-state index < -0.39 is 5.91 Å². The second kappa shape index (κ2) is 7.10. The molecule has 1 aromatic rings. The van der Waals surface area contributed by atoms with E-state index in [-0.39, 0.29) is 24.9 Å². The molecule has 8 heteroatoms. The Kier molecular flexibility index (Phi) is 5.38. The van der Waals surface area contributed by atoms with Gasteiger partial charge in [0.05, 0.1) is 12.6 Å². The Morgan fingerprint density at radius 3 is 2.57 bits per heavy atom. The van der Waals surface area contributed by atoms with Gasteiger partial charge in [0.25, 0.3) is 17.7 Å². The van der Waals surface area contributed by atoms with Crippen molar-refractivity contribution in [3.05, 3.63) is 16.0 Å². The molecule has 1 heterocycles. The maximum absolute atomic E-state index is 12.2. The fraction of sp³-hybridized carbons (Fsp3) is 0.533. The minimum atomic E-state index is -0.497. The Balaban J connectivity index is 2.01. The first-order valence-corrected chi connectivity index (χ1v) is 8.37. The molecular weight excluding hydrogens is 316 g/mol. The van der Waals surface area contributed by atoms with Crippen molar-refractivity contribution in [3.8, 4) is 0 Å². The number of carbonyl (C=O) groups is 3. The van der Waals surface area contributed by atoms with Crippen LogP contribution >= 0.6 is 11.3 Å². The summed E-state index contributed by atoms with van der Waals surface area (Å²) in [4.78, 5) is 38.9. The van der Waals surface area contributed by atoms with Gasteiger partial charge >= 0.3 is 0 Å². The highest BCUT2D eigenvalue weighted by molar-refractivity contribution is 7.17. The fourth-order valence-electron chi connectivity index (χ4n) is 2.68. The first kappa shape index (κ1) is 17.4. The molecular formula is C15H23N4O3S+. The van der Waals surface area contributed by atoms with Crippen LogP contribution in [0.25, 0.3) is 0 Å². The molecule has 23 heavy (non-hydrogen) atoms. The number of amides is 3. The maximum Gasteiger partial charge on any atom is 0.280 e. The van der Waals surface area contributed by atoms with Gasteiger partial charge in [-0.15, -0.1) is 11.3 Å². The molecule has 7 nitrogen and oxygen atoms in total. The van der Waals surface area contributed by atoms with E-state index in [1.165, 1.54) is 16.2 Å². The number of thiophene rings is 1. The monoisotopic (exact) mass is 339 g/mol. The molecule has 0 bridgehead atoms. The summed E-state index contributed by atoms with van der Waals surface area (Å²) in [7, 11) is 5.15. The van der Waals surface area contributed by atoms with Crippen molar-refractivity contribution in [2.75, 3.05) is 39.5 Å². The predicted octanol–water partition coefficient (Wildman–Crippen LogP) is -1.12. The van der Waals surface area contributed by atoms with Gasteiger partial charge in [-0.1, -0.05) is 0 Å². The molecule has 4 N–H and O–H groups in total. The molecule has 0 aliphatic heterocycles. The molecule has 0 radical (unpaired) electrons. The quantitative estimate of drug-likeness (QED) is 0.612. The van der Waals surface area contributed by atoms with E-state index in [0.29, 0.717) is 10.6 Å². The number of hydrogen-bond donors (Lipinski definition) is 3. The third-order valence-corrected chi connectivity index (χ3v) is 5.04. The van der Waals surface area contributed by atoms with Gasteiger partial charge in [-0.3, -0.25) is 14.4 Å². The predicted molar refractivity (Wildman–Crippen MR) is 88.8 cm³/mol. The molecule has 1 aliphatic carbocycles. The molecule has 1 aromatic heterocycles. The molecule has 1 unspecified atom stereocenters. The van der Waals surface area contributed by atoms with Gasteiger partial charge in [0.2, 0.25) is 0 Å². The van der Waals surface area contributed by atoms with Crippen molar-refractivity contribution in [2.45, 2.75) is 19.3 Å². The van der Waals surface area contributed by atoms with Crippen molar-refractivity contribution in [2.24, 2.45) is 5.73 Å². The number of aryl methyl sites for hydroxylation is 1. The molecule has 0 saturated carbocycles. The van der Waals surface area contributed by atoms with E-state index in [2.05, 4.69) is 5.32 Å². The molecule has 2 rings (SSSR count). The SMILES string of the molecule is CN(C)C(=O)C[NH+](C)CC(=O)Nc1sc2c(c1C(N)=O)CCC2. The summed E-state index contributed by atoms with van der Waals surface area (Å²) < 4.78 is 0. The highest BCUT2D eigenvalue weighted by atomic mass is 32.1.